The van der Waals surface area contributed by atoms with Crippen molar-refractivity contribution in [2.45, 2.75) is 40.0 Å². The van der Waals surface area contributed by atoms with Crippen LogP contribution in [0.3, 0.4) is 0 Å². The zero-order valence-corrected chi connectivity index (χ0v) is 15.7. The van der Waals surface area contributed by atoms with Crippen molar-refractivity contribution in [3.05, 3.63) is 47.0 Å². The summed E-state index contributed by atoms with van der Waals surface area (Å²) in [6.07, 6.45) is 2.21. The molecule has 2 aromatic rings. The van der Waals surface area contributed by atoms with Gasteiger partial charge in [-0.25, -0.2) is 0 Å². The Bertz CT molecular complexity index is 771. The molecule has 0 atom stereocenters. The Labute approximate surface area is 154 Å². The average molecular weight is 357 g/mol. The second-order valence-electron chi connectivity index (χ2n) is 6.31. The Morgan fingerprint density at radius 1 is 1.15 bits per heavy atom. The Morgan fingerprint density at radius 3 is 2.54 bits per heavy atom. The summed E-state index contributed by atoms with van der Waals surface area (Å²) in [4.78, 5) is 11.6. The van der Waals surface area contributed by atoms with Crippen LogP contribution in [0.25, 0.3) is 0 Å². The number of hydrogen-bond donors (Lipinski definition) is 2. The van der Waals surface area contributed by atoms with Gasteiger partial charge in [-0.1, -0.05) is 13.3 Å². The van der Waals surface area contributed by atoms with E-state index in [1.54, 1.807) is 12.1 Å². The standard InChI is InChI=1S/C21H27NO4/c1-4-6-18-20(10-8-17(15(3)23)21(18)24)26-12-5-11-25-16-7-9-19(22)14(2)13-16/h7-10,13,24H,4-6,11-12,22H2,1-3H3. The van der Waals surface area contributed by atoms with E-state index in [0.717, 1.165) is 23.4 Å². The van der Waals surface area contributed by atoms with Crippen LogP contribution < -0.4 is 15.2 Å². The summed E-state index contributed by atoms with van der Waals surface area (Å²) in [5.41, 5.74) is 8.56. The Balaban J connectivity index is 1.91. The van der Waals surface area contributed by atoms with E-state index in [-0.39, 0.29) is 11.5 Å². The molecule has 0 heterocycles. The molecule has 0 aliphatic carbocycles. The quantitative estimate of drug-likeness (QED) is 0.397. The largest absolute Gasteiger partial charge is 0.507 e. The number of hydrogen-bond acceptors (Lipinski definition) is 5. The van der Waals surface area contributed by atoms with Gasteiger partial charge in [-0.15, -0.1) is 0 Å². The normalized spacial score (nSPS) is 10.6. The zero-order chi connectivity index (χ0) is 19.1. The predicted octanol–water partition coefficient (Wildman–Crippen LogP) is 4.29. The van der Waals surface area contributed by atoms with Gasteiger partial charge in [-0.3, -0.25) is 4.79 Å². The summed E-state index contributed by atoms with van der Waals surface area (Å²) in [7, 11) is 0. The molecule has 5 nitrogen and oxygen atoms in total. The van der Waals surface area contributed by atoms with E-state index < -0.39 is 0 Å². The highest BCUT2D eigenvalue weighted by atomic mass is 16.5. The van der Waals surface area contributed by atoms with E-state index in [4.69, 9.17) is 15.2 Å². The van der Waals surface area contributed by atoms with E-state index in [1.165, 1.54) is 6.92 Å². The maximum absolute atomic E-state index is 11.6. The number of aromatic hydroxyl groups is 1. The number of benzene rings is 2. The van der Waals surface area contributed by atoms with E-state index in [9.17, 15) is 9.90 Å². The number of carbonyl (C=O) groups excluding carboxylic acids is 1. The molecule has 0 saturated heterocycles. The van der Waals surface area contributed by atoms with Crippen molar-refractivity contribution in [2.75, 3.05) is 18.9 Å². The molecule has 0 aliphatic heterocycles. The number of ether oxygens (including phenoxy) is 2. The number of Topliss-reactive ketones (excluding diaryl/α,β-unsaturated/α-hetero) is 1. The fraction of sp³-hybridized carbons (Fsp3) is 0.381. The summed E-state index contributed by atoms with van der Waals surface area (Å²) in [5.74, 6) is 1.29. The Morgan fingerprint density at radius 2 is 1.88 bits per heavy atom. The SMILES string of the molecule is CCCc1c(OCCCOc2ccc(N)c(C)c2)ccc(C(C)=O)c1O. The van der Waals surface area contributed by atoms with E-state index in [1.807, 2.05) is 32.0 Å². The molecular formula is C21H27NO4. The Hall–Kier alpha value is -2.69. The first-order valence-corrected chi connectivity index (χ1v) is 8.91. The molecule has 3 N–H and O–H groups in total. The van der Waals surface area contributed by atoms with Crippen LogP contribution in [0, 0.1) is 6.92 Å². The lowest BCUT2D eigenvalue weighted by molar-refractivity contribution is 0.101. The van der Waals surface area contributed by atoms with Crippen LogP contribution >= 0.6 is 0 Å². The number of nitrogens with two attached hydrogens (primary N) is 1. The van der Waals surface area contributed by atoms with Gasteiger partial charge in [-0.05, 0) is 56.2 Å². The van der Waals surface area contributed by atoms with Gasteiger partial charge in [0.1, 0.15) is 17.2 Å². The van der Waals surface area contributed by atoms with E-state index in [2.05, 4.69) is 0 Å². The second kappa shape index (κ2) is 9.13. The minimum atomic E-state index is -0.154. The number of phenolic OH excluding ortho intramolecular Hbond substituents is 1. The predicted molar refractivity (Wildman–Crippen MR) is 103 cm³/mol. The maximum atomic E-state index is 11.6. The van der Waals surface area contributed by atoms with Crippen molar-refractivity contribution in [1.82, 2.24) is 0 Å². The molecule has 0 radical (unpaired) electrons. The van der Waals surface area contributed by atoms with Crippen LogP contribution in [0.4, 0.5) is 5.69 Å². The lowest BCUT2D eigenvalue weighted by Gasteiger charge is -2.15. The summed E-state index contributed by atoms with van der Waals surface area (Å²) in [6.45, 7) is 6.39. The fourth-order valence-corrected chi connectivity index (χ4v) is 2.70. The van der Waals surface area contributed by atoms with Crippen LogP contribution in [0.2, 0.25) is 0 Å². The highest BCUT2D eigenvalue weighted by Crippen LogP contribution is 2.33. The van der Waals surface area contributed by atoms with E-state index >= 15 is 0 Å². The van der Waals surface area contributed by atoms with Crippen molar-refractivity contribution in [2.24, 2.45) is 0 Å². The maximum Gasteiger partial charge on any atom is 0.163 e. The molecule has 0 aliphatic rings. The summed E-state index contributed by atoms with van der Waals surface area (Å²) in [5, 5.41) is 10.3. The van der Waals surface area contributed by atoms with Gasteiger partial charge in [0.2, 0.25) is 0 Å². The minimum Gasteiger partial charge on any atom is -0.507 e. The first kappa shape index (κ1) is 19.6. The molecule has 2 rings (SSSR count). The number of rotatable bonds is 9. The Kier molecular flexibility index (Phi) is 6.89. The molecule has 0 bridgehead atoms. The van der Waals surface area contributed by atoms with Crippen LogP contribution in [-0.2, 0) is 6.42 Å². The highest BCUT2D eigenvalue weighted by Gasteiger charge is 2.15. The number of anilines is 1. The van der Waals surface area contributed by atoms with Gasteiger partial charge in [0.15, 0.2) is 5.78 Å². The van der Waals surface area contributed by atoms with Crippen LogP contribution in [0.1, 0.15) is 48.2 Å². The molecule has 0 saturated carbocycles. The summed E-state index contributed by atoms with van der Waals surface area (Å²) in [6, 6.07) is 8.96. The van der Waals surface area contributed by atoms with Crippen molar-refractivity contribution < 1.29 is 19.4 Å². The zero-order valence-electron chi connectivity index (χ0n) is 15.7. The molecule has 26 heavy (non-hydrogen) atoms. The van der Waals surface area contributed by atoms with Crippen LogP contribution in [-0.4, -0.2) is 24.1 Å². The van der Waals surface area contributed by atoms with Crippen molar-refractivity contribution in [3.63, 3.8) is 0 Å². The monoisotopic (exact) mass is 357 g/mol. The first-order valence-electron chi connectivity index (χ1n) is 8.91. The number of phenols is 1. The van der Waals surface area contributed by atoms with E-state index in [0.29, 0.717) is 42.9 Å². The average Bonchev–Trinajstić information content (AvgIpc) is 2.60. The number of nitrogen functional groups attached to an aromatic ring is 1. The van der Waals surface area contributed by atoms with Gasteiger partial charge >= 0.3 is 0 Å². The van der Waals surface area contributed by atoms with Crippen LogP contribution in [0.15, 0.2) is 30.3 Å². The van der Waals surface area contributed by atoms with Gasteiger partial charge in [0.05, 0.1) is 18.8 Å². The lowest BCUT2D eigenvalue weighted by atomic mass is 10.0. The third-order valence-corrected chi connectivity index (χ3v) is 4.18. The van der Waals surface area contributed by atoms with Crippen molar-refractivity contribution in [3.8, 4) is 17.2 Å². The lowest BCUT2D eigenvalue weighted by Crippen LogP contribution is -2.07. The second-order valence-corrected chi connectivity index (χ2v) is 6.31. The van der Waals surface area contributed by atoms with Gasteiger partial charge in [0.25, 0.3) is 0 Å². The molecule has 0 amide bonds. The first-order chi connectivity index (χ1) is 12.4. The fourth-order valence-electron chi connectivity index (χ4n) is 2.70. The molecule has 140 valence electrons. The summed E-state index contributed by atoms with van der Waals surface area (Å²) >= 11 is 0. The van der Waals surface area contributed by atoms with Gasteiger partial charge in [0, 0.05) is 17.7 Å². The molecule has 5 heteroatoms. The molecule has 0 fully saturated rings. The molecule has 2 aromatic carbocycles. The van der Waals surface area contributed by atoms with Crippen molar-refractivity contribution in [1.29, 1.82) is 0 Å². The number of ketones is 1. The van der Waals surface area contributed by atoms with Crippen molar-refractivity contribution >= 4 is 11.5 Å². The topological polar surface area (TPSA) is 81.8 Å². The molecule has 0 aromatic heterocycles. The third kappa shape index (κ3) is 4.91. The van der Waals surface area contributed by atoms with Gasteiger partial charge < -0.3 is 20.3 Å². The third-order valence-electron chi connectivity index (χ3n) is 4.18. The smallest absolute Gasteiger partial charge is 0.163 e. The number of aryl methyl sites for hydroxylation is 1. The highest BCUT2D eigenvalue weighted by molar-refractivity contribution is 5.97. The molecule has 0 spiro atoms. The summed E-state index contributed by atoms with van der Waals surface area (Å²) < 4.78 is 11.5. The minimum absolute atomic E-state index is 0.0328. The molecule has 0 unspecified atom stereocenters. The number of carbonyl (C=O) groups is 1. The molecular weight excluding hydrogens is 330 g/mol. The van der Waals surface area contributed by atoms with Crippen LogP contribution in [0.5, 0.6) is 17.2 Å². The van der Waals surface area contributed by atoms with Gasteiger partial charge in [-0.2, -0.15) is 0 Å².